The number of hydrogen-bond donors (Lipinski definition) is 0. The van der Waals surface area contributed by atoms with Gasteiger partial charge in [-0.2, -0.15) is 0 Å². The Kier molecular flexibility index (Phi) is 4.24. The lowest BCUT2D eigenvalue weighted by Crippen LogP contribution is -2.68. The molecule has 5 heteroatoms. The smallest absolute Gasteiger partial charge is 0.332 e. The highest BCUT2D eigenvalue weighted by Gasteiger charge is 2.54. The van der Waals surface area contributed by atoms with Crippen LogP contribution in [0.5, 0.6) is 0 Å². The number of nitrogens with zero attached hydrogens (tertiary/aromatic N) is 1. The summed E-state index contributed by atoms with van der Waals surface area (Å²) in [6.07, 6.45) is 1.08. The van der Waals surface area contributed by atoms with E-state index in [0.717, 1.165) is 15.6 Å². The standard InChI is InChI=1S/C21H19NO3S/c1-25-20(24)21(13-15-7-3-2-4-8-15)11-12-22(21)19(23)17-14-26-18-10-6-5-9-16(17)18/h2-10,14H,11-13H2,1H3. The van der Waals surface area contributed by atoms with Gasteiger partial charge in [0.25, 0.3) is 5.91 Å². The van der Waals surface area contributed by atoms with Gasteiger partial charge in [-0.25, -0.2) is 4.79 Å². The number of ether oxygens (including phenoxy) is 1. The van der Waals surface area contributed by atoms with Crippen LogP contribution in [0.25, 0.3) is 10.1 Å². The Morgan fingerprint density at radius 3 is 2.54 bits per heavy atom. The summed E-state index contributed by atoms with van der Waals surface area (Å²) in [5.41, 5.74) is 0.758. The highest BCUT2D eigenvalue weighted by molar-refractivity contribution is 7.17. The van der Waals surface area contributed by atoms with Crippen molar-refractivity contribution >= 4 is 33.3 Å². The lowest BCUT2D eigenvalue weighted by molar-refractivity contribution is -0.161. The normalized spacial score (nSPS) is 19.2. The van der Waals surface area contributed by atoms with Crippen molar-refractivity contribution in [3.63, 3.8) is 0 Å². The maximum atomic E-state index is 13.3. The third kappa shape index (κ3) is 2.59. The molecule has 1 saturated heterocycles. The molecule has 1 aromatic heterocycles. The lowest BCUT2D eigenvalue weighted by Gasteiger charge is -2.50. The fourth-order valence-corrected chi connectivity index (χ4v) is 4.60. The summed E-state index contributed by atoms with van der Waals surface area (Å²) in [6.45, 7) is 0.560. The van der Waals surface area contributed by atoms with Gasteiger partial charge < -0.3 is 9.64 Å². The molecule has 0 spiro atoms. The van der Waals surface area contributed by atoms with Crippen LogP contribution in [0.15, 0.2) is 60.0 Å². The van der Waals surface area contributed by atoms with Crippen LogP contribution in [0.2, 0.25) is 0 Å². The van der Waals surface area contributed by atoms with Crippen LogP contribution < -0.4 is 0 Å². The van der Waals surface area contributed by atoms with Gasteiger partial charge in [-0.1, -0.05) is 48.5 Å². The Labute approximate surface area is 156 Å². The first-order valence-electron chi connectivity index (χ1n) is 8.56. The van der Waals surface area contributed by atoms with Gasteiger partial charge in [0.15, 0.2) is 0 Å². The van der Waals surface area contributed by atoms with Crippen molar-refractivity contribution in [3.05, 3.63) is 71.1 Å². The molecule has 26 heavy (non-hydrogen) atoms. The molecule has 2 aromatic carbocycles. The van der Waals surface area contributed by atoms with E-state index in [9.17, 15) is 9.59 Å². The first kappa shape index (κ1) is 16.8. The van der Waals surface area contributed by atoms with E-state index < -0.39 is 5.54 Å². The van der Waals surface area contributed by atoms with Crippen LogP contribution >= 0.6 is 11.3 Å². The number of rotatable bonds is 4. The molecule has 2 heterocycles. The molecule has 0 aliphatic carbocycles. The topological polar surface area (TPSA) is 46.6 Å². The Morgan fingerprint density at radius 2 is 1.85 bits per heavy atom. The minimum Gasteiger partial charge on any atom is -0.467 e. The van der Waals surface area contributed by atoms with Crippen molar-refractivity contribution in [1.29, 1.82) is 0 Å². The van der Waals surface area contributed by atoms with Crippen molar-refractivity contribution < 1.29 is 14.3 Å². The molecule has 1 aliphatic heterocycles. The highest BCUT2D eigenvalue weighted by atomic mass is 32.1. The molecule has 1 atom stereocenters. The zero-order valence-electron chi connectivity index (χ0n) is 14.5. The van der Waals surface area contributed by atoms with Crippen LogP contribution in [0.1, 0.15) is 22.3 Å². The second-order valence-corrected chi connectivity index (χ2v) is 7.45. The zero-order chi connectivity index (χ0) is 18.1. The maximum Gasteiger partial charge on any atom is 0.332 e. The second kappa shape index (κ2) is 6.57. The van der Waals surface area contributed by atoms with E-state index in [1.165, 1.54) is 7.11 Å². The van der Waals surface area contributed by atoms with Gasteiger partial charge in [0.2, 0.25) is 0 Å². The van der Waals surface area contributed by atoms with Crippen LogP contribution in [-0.4, -0.2) is 36.0 Å². The summed E-state index contributed by atoms with van der Waals surface area (Å²) in [5, 5.41) is 2.82. The van der Waals surface area contributed by atoms with E-state index in [2.05, 4.69) is 0 Å². The van der Waals surface area contributed by atoms with Crippen molar-refractivity contribution in [2.24, 2.45) is 0 Å². The molecule has 1 unspecified atom stereocenters. The number of benzene rings is 2. The van der Waals surface area contributed by atoms with E-state index in [0.29, 0.717) is 24.9 Å². The SMILES string of the molecule is COC(=O)C1(Cc2ccccc2)CCN1C(=O)c1csc2ccccc12. The fourth-order valence-electron chi connectivity index (χ4n) is 3.67. The number of methoxy groups -OCH3 is 1. The molecule has 132 valence electrons. The van der Waals surface area contributed by atoms with Gasteiger partial charge in [0.05, 0.1) is 12.7 Å². The summed E-state index contributed by atoms with van der Waals surface area (Å²) >= 11 is 1.55. The molecule has 0 saturated carbocycles. The Morgan fingerprint density at radius 1 is 1.12 bits per heavy atom. The van der Waals surface area contributed by atoms with Crippen molar-refractivity contribution in [2.45, 2.75) is 18.4 Å². The predicted molar refractivity (Wildman–Crippen MR) is 102 cm³/mol. The van der Waals surface area contributed by atoms with Crippen molar-refractivity contribution in [2.75, 3.05) is 13.7 Å². The largest absolute Gasteiger partial charge is 0.467 e. The van der Waals surface area contributed by atoms with E-state index in [1.54, 1.807) is 16.2 Å². The third-order valence-electron chi connectivity index (χ3n) is 5.13. The Balaban J connectivity index is 1.70. The molecule has 1 amide bonds. The quantitative estimate of drug-likeness (QED) is 0.659. The van der Waals surface area contributed by atoms with Gasteiger partial charge in [-0.15, -0.1) is 11.3 Å². The number of likely N-dealkylation sites (tertiary alicyclic amines) is 1. The molecular weight excluding hydrogens is 346 g/mol. The number of carbonyl (C=O) groups is 2. The summed E-state index contributed by atoms with van der Waals surface area (Å²) in [6, 6.07) is 17.6. The molecule has 0 N–H and O–H groups in total. The first-order chi connectivity index (χ1) is 12.7. The number of thiophene rings is 1. The number of hydrogen-bond acceptors (Lipinski definition) is 4. The van der Waals surface area contributed by atoms with Gasteiger partial charge >= 0.3 is 5.97 Å². The number of fused-ring (bicyclic) bond motifs is 1. The summed E-state index contributed by atoms with van der Waals surface area (Å²) < 4.78 is 6.16. The Bertz CT molecular complexity index is 966. The summed E-state index contributed by atoms with van der Waals surface area (Å²) in [7, 11) is 1.38. The average molecular weight is 365 g/mol. The van der Waals surface area contributed by atoms with Gasteiger partial charge in [-0.3, -0.25) is 4.79 Å². The zero-order valence-corrected chi connectivity index (χ0v) is 15.3. The fraction of sp³-hybridized carbons (Fsp3) is 0.238. The number of amides is 1. The van der Waals surface area contributed by atoms with Gasteiger partial charge in [0.1, 0.15) is 5.54 Å². The van der Waals surface area contributed by atoms with Crippen LogP contribution in [0.3, 0.4) is 0 Å². The van der Waals surface area contributed by atoms with Crippen molar-refractivity contribution in [3.8, 4) is 0 Å². The molecule has 0 bridgehead atoms. The molecule has 4 rings (SSSR count). The molecular formula is C21H19NO3S. The molecule has 0 radical (unpaired) electrons. The average Bonchev–Trinajstić information content (AvgIpc) is 3.09. The maximum absolute atomic E-state index is 13.3. The molecule has 3 aromatic rings. The van der Waals surface area contributed by atoms with E-state index in [4.69, 9.17) is 4.74 Å². The van der Waals surface area contributed by atoms with E-state index in [1.807, 2.05) is 60.0 Å². The monoisotopic (exact) mass is 365 g/mol. The molecule has 1 aliphatic rings. The van der Waals surface area contributed by atoms with E-state index in [-0.39, 0.29) is 11.9 Å². The first-order valence-corrected chi connectivity index (χ1v) is 9.44. The van der Waals surface area contributed by atoms with E-state index >= 15 is 0 Å². The minimum atomic E-state index is -0.920. The summed E-state index contributed by atoms with van der Waals surface area (Å²) in [4.78, 5) is 27.6. The van der Waals surface area contributed by atoms with Crippen LogP contribution in [0.4, 0.5) is 0 Å². The Hall–Kier alpha value is -2.66. The summed E-state index contributed by atoms with van der Waals surface area (Å²) in [5.74, 6) is -0.449. The van der Waals surface area contributed by atoms with Gasteiger partial charge in [-0.05, 0) is 18.1 Å². The van der Waals surface area contributed by atoms with Crippen LogP contribution in [-0.2, 0) is 16.0 Å². The van der Waals surface area contributed by atoms with Crippen molar-refractivity contribution in [1.82, 2.24) is 4.90 Å². The minimum absolute atomic E-state index is 0.102. The highest BCUT2D eigenvalue weighted by Crippen LogP contribution is 2.38. The third-order valence-corrected chi connectivity index (χ3v) is 6.09. The van der Waals surface area contributed by atoms with Crippen LogP contribution in [0, 0.1) is 0 Å². The molecule has 1 fully saturated rings. The number of carbonyl (C=O) groups excluding carboxylic acids is 2. The predicted octanol–water partition coefficient (Wildman–Crippen LogP) is 3.90. The lowest BCUT2D eigenvalue weighted by atomic mass is 9.78. The second-order valence-electron chi connectivity index (χ2n) is 6.54. The molecule has 4 nitrogen and oxygen atoms in total. The number of esters is 1. The van der Waals surface area contributed by atoms with Gasteiger partial charge in [0, 0.05) is 28.4 Å².